The van der Waals surface area contributed by atoms with Crippen LogP contribution < -0.4 is 0 Å². The molecule has 2 unspecified atom stereocenters. The number of carboxylic acid groups (broad SMARTS) is 2. The van der Waals surface area contributed by atoms with Crippen molar-refractivity contribution in [2.45, 2.75) is 37.1 Å². The van der Waals surface area contributed by atoms with E-state index in [0.29, 0.717) is 5.41 Å². The minimum Gasteiger partial charge on any atom is -0.473 e. The lowest BCUT2D eigenvalue weighted by molar-refractivity contribution is -0.159. The van der Waals surface area contributed by atoms with E-state index in [1.54, 1.807) is 5.56 Å². The Morgan fingerprint density at radius 2 is 1.91 bits per heavy atom. The second-order valence-electron chi connectivity index (χ2n) is 6.22. The van der Waals surface area contributed by atoms with E-state index in [-0.39, 0.29) is 0 Å². The molecule has 0 amide bonds. The maximum Gasteiger partial charge on any atom is 0.414 e. The fraction of sp³-hybridized carbons (Fsp3) is 0.444. The Morgan fingerprint density at radius 1 is 1.26 bits per heavy atom. The van der Waals surface area contributed by atoms with Gasteiger partial charge < -0.3 is 10.2 Å². The quantitative estimate of drug-likeness (QED) is 0.661. The number of benzene rings is 1. The first-order chi connectivity index (χ1) is 11.0. The summed E-state index contributed by atoms with van der Waals surface area (Å²) >= 11 is 0. The van der Waals surface area contributed by atoms with Crippen molar-refractivity contribution in [3.05, 3.63) is 48.6 Å². The molecule has 1 aromatic rings. The second kappa shape index (κ2) is 7.42. The molecule has 1 aromatic carbocycles. The van der Waals surface area contributed by atoms with Gasteiger partial charge in [-0.1, -0.05) is 42.8 Å². The molecule has 124 valence electrons. The summed E-state index contributed by atoms with van der Waals surface area (Å²) in [6, 6.07) is 11.9. The van der Waals surface area contributed by atoms with E-state index in [0.717, 1.165) is 12.6 Å². The van der Waals surface area contributed by atoms with Crippen LogP contribution in [0.4, 0.5) is 0 Å². The van der Waals surface area contributed by atoms with Gasteiger partial charge in [0.1, 0.15) is 0 Å². The number of hydrogen-bond acceptors (Lipinski definition) is 3. The maximum atomic E-state index is 9.10. The van der Waals surface area contributed by atoms with E-state index in [2.05, 4.69) is 47.9 Å². The molecule has 5 heteroatoms. The van der Waals surface area contributed by atoms with Gasteiger partial charge in [0.05, 0.1) is 0 Å². The van der Waals surface area contributed by atoms with Gasteiger partial charge in [-0.25, -0.2) is 9.59 Å². The highest BCUT2D eigenvalue weighted by molar-refractivity contribution is 6.27. The van der Waals surface area contributed by atoms with E-state index < -0.39 is 11.9 Å². The van der Waals surface area contributed by atoms with Crippen molar-refractivity contribution in [3.63, 3.8) is 0 Å². The Morgan fingerprint density at radius 3 is 2.48 bits per heavy atom. The molecule has 1 aliphatic heterocycles. The molecule has 2 aliphatic rings. The van der Waals surface area contributed by atoms with Crippen LogP contribution in [-0.2, 0) is 15.0 Å². The summed E-state index contributed by atoms with van der Waals surface area (Å²) in [7, 11) is 0. The molecule has 0 spiro atoms. The van der Waals surface area contributed by atoms with E-state index in [4.69, 9.17) is 19.8 Å². The highest BCUT2D eigenvalue weighted by Crippen LogP contribution is 2.47. The molecule has 3 rings (SSSR count). The molecule has 2 atom stereocenters. The number of carbonyl (C=O) groups is 2. The smallest absolute Gasteiger partial charge is 0.414 e. The summed E-state index contributed by atoms with van der Waals surface area (Å²) in [6.07, 6.45) is 7.53. The second-order valence-corrected chi connectivity index (χ2v) is 6.22. The van der Waals surface area contributed by atoms with Gasteiger partial charge in [-0.05, 0) is 24.8 Å². The number of likely N-dealkylation sites (tertiary alicyclic amines) is 1. The molecule has 1 saturated heterocycles. The van der Waals surface area contributed by atoms with Crippen LogP contribution in [0.25, 0.3) is 0 Å². The third-order valence-corrected chi connectivity index (χ3v) is 4.77. The number of hydrogen-bond donors (Lipinski definition) is 2. The van der Waals surface area contributed by atoms with Crippen molar-refractivity contribution in [1.29, 1.82) is 0 Å². The molecule has 23 heavy (non-hydrogen) atoms. The van der Waals surface area contributed by atoms with E-state index >= 15 is 0 Å². The Hall–Kier alpha value is -2.14. The van der Waals surface area contributed by atoms with E-state index in [1.807, 2.05) is 0 Å². The van der Waals surface area contributed by atoms with Crippen LogP contribution in [0.3, 0.4) is 0 Å². The highest BCUT2D eigenvalue weighted by atomic mass is 16.4. The Labute approximate surface area is 136 Å². The number of nitrogens with zero attached hydrogens (tertiary/aromatic N) is 1. The first-order valence-electron chi connectivity index (χ1n) is 7.85. The predicted molar refractivity (Wildman–Crippen MR) is 87.4 cm³/mol. The SMILES string of the molecule is C=CCN1CC2(c3ccccc3)CCCC1C2.O=C(O)C(=O)O. The molecule has 1 aliphatic carbocycles. The lowest BCUT2D eigenvalue weighted by atomic mass is 9.71. The van der Waals surface area contributed by atoms with Crippen molar-refractivity contribution < 1.29 is 19.8 Å². The van der Waals surface area contributed by atoms with Crippen molar-refractivity contribution in [2.75, 3.05) is 13.1 Å². The lowest BCUT2D eigenvalue weighted by Gasteiger charge is -2.32. The molecule has 2 N–H and O–H groups in total. The van der Waals surface area contributed by atoms with Crippen LogP contribution in [0.5, 0.6) is 0 Å². The summed E-state index contributed by atoms with van der Waals surface area (Å²) < 4.78 is 0. The normalized spacial score (nSPS) is 26.0. The van der Waals surface area contributed by atoms with Crippen molar-refractivity contribution >= 4 is 11.9 Å². The zero-order valence-corrected chi connectivity index (χ0v) is 13.1. The predicted octanol–water partition coefficient (Wildman–Crippen LogP) is 2.52. The van der Waals surface area contributed by atoms with Gasteiger partial charge >= 0.3 is 11.9 Å². The third kappa shape index (κ3) is 3.99. The molecule has 2 bridgehead atoms. The molecule has 1 saturated carbocycles. The number of rotatable bonds is 3. The summed E-state index contributed by atoms with van der Waals surface area (Å²) in [6.45, 7) is 6.18. The summed E-state index contributed by atoms with van der Waals surface area (Å²) in [5.41, 5.74) is 1.99. The van der Waals surface area contributed by atoms with Crippen LogP contribution >= 0.6 is 0 Å². The van der Waals surface area contributed by atoms with Gasteiger partial charge in [-0.15, -0.1) is 6.58 Å². The van der Waals surface area contributed by atoms with E-state index in [1.165, 1.54) is 32.2 Å². The lowest BCUT2D eigenvalue weighted by Crippen LogP contribution is -2.30. The summed E-state index contributed by atoms with van der Waals surface area (Å²) in [4.78, 5) is 20.8. The molecule has 1 heterocycles. The van der Waals surface area contributed by atoms with Crippen LogP contribution in [0.15, 0.2) is 43.0 Å². The minimum absolute atomic E-state index is 0.438. The van der Waals surface area contributed by atoms with Gasteiger partial charge in [-0.3, -0.25) is 4.90 Å². The van der Waals surface area contributed by atoms with Crippen LogP contribution in [0.1, 0.15) is 31.2 Å². The monoisotopic (exact) mass is 317 g/mol. The molecule has 2 fully saturated rings. The Balaban J connectivity index is 0.000000277. The van der Waals surface area contributed by atoms with Gasteiger partial charge in [0.2, 0.25) is 0 Å². The summed E-state index contributed by atoms with van der Waals surface area (Å²) in [5, 5.41) is 14.8. The Kier molecular flexibility index (Phi) is 5.55. The molecule has 5 nitrogen and oxygen atoms in total. The van der Waals surface area contributed by atoms with Crippen molar-refractivity contribution in [1.82, 2.24) is 4.90 Å². The van der Waals surface area contributed by atoms with Gasteiger partial charge in [0, 0.05) is 24.5 Å². The molecule has 0 radical (unpaired) electrons. The van der Waals surface area contributed by atoms with Crippen LogP contribution in [0, 0.1) is 0 Å². The zero-order chi connectivity index (χ0) is 16.9. The first kappa shape index (κ1) is 17.2. The molecular formula is C18H23NO4. The van der Waals surface area contributed by atoms with Crippen LogP contribution in [0.2, 0.25) is 0 Å². The summed E-state index contributed by atoms with van der Waals surface area (Å²) in [5.74, 6) is -3.65. The average molecular weight is 317 g/mol. The molecule has 0 aromatic heterocycles. The fourth-order valence-corrected chi connectivity index (χ4v) is 3.83. The van der Waals surface area contributed by atoms with Gasteiger partial charge in [0.15, 0.2) is 0 Å². The van der Waals surface area contributed by atoms with Crippen LogP contribution in [-0.4, -0.2) is 46.2 Å². The topological polar surface area (TPSA) is 77.8 Å². The van der Waals surface area contributed by atoms with Gasteiger partial charge in [0.25, 0.3) is 0 Å². The minimum atomic E-state index is -1.82. The first-order valence-corrected chi connectivity index (χ1v) is 7.85. The number of fused-ring (bicyclic) bond motifs is 2. The number of carboxylic acids is 2. The zero-order valence-electron chi connectivity index (χ0n) is 13.1. The van der Waals surface area contributed by atoms with Crippen molar-refractivity contribution in [2.24, 2.45) is 0 Å². The maximum absolute atomic E-state index is 9.10. The molecular weight excluding hydrogens is 294 g/mol. The number of aliphatic carboxylic acids is 2. The fourth-order valence-electron chi connectivity index (χ4n) is 3.83. The van der Waals surface area contributed by atoms with Crippen molar-refractivity contribution in [3.8, 4) is 0 Å². The third-order valence-electron chi connectivity index (χ3n) is 4.77. The average Bonchev–Trinajstić information content (AvgIpc) is 2.80. The highest BCUT2D eigenvalue weighted by Gasteiger charge is 2.46. The largest absolute Gasteiger partial charge is 0.473 e. The standard InChI is InChI=1S/C16H21N.C2H2O4/c1-2-11-17-13-16(10-6-9-15(17)12-16)14-7-4-3-5-8-14;3-1(4)2(5)6/h2-5,7-8,15H,1,6,9-13H2;(H,3,4)(H,5,6). The van der Waals surface area contributed by atoms with E-state index in [9.17, 15) is 0 Å². The Bertz CT molecular complexity index is 560. The van der Waals surface area contributed by atoms with Gasteiger partial charge in [-0.2, -0.15) is 0 Å².